The molecule has 5 nitrogen and oxygen atoms in total. The number of nitrogens with one attached hydrogen (secondary N) is 2. The van der Waals surface area contributed by atoms with E-state index < -0.39 is 0 Å². The zero-order valence-electron chi connectivity index (χ0n) is 10.6. The third-order valence-corrected chi connectivity index (χ3v) is 2.99. The highest BCUT2D eigenvalue weighted by atomic mass is 35.5. The number of benzene rings is 1. The van der Waals surface area contributed by atoms with Crippen molar-refractivity contribution in [3.8, 4) is 6.07 Å². The molecule has 0 saturated carbocycles. The van der Waals surface area contributed by atoms with Crippen molar-refractivity contribution in [3.63, 3.8) is 0 Å². The van der Waals surface area contributed by atoms with E-state index in [0.717, 1.165) is 0 Å². The van der Waals surface area contributed by atoms with Gasteiger partial charge in [0.2, 0.25) is 0 Å². The van der Waals surface area contributed by atoms with Crippen LogP contribution in [0.1, 0.15) is 15.9 Å². The van der Waals surface area contributed by atoms with Gasteiger partial charge in [0, 0.05) is 25.1 Å². The summed E-state index contributed by atoms with van der Waals surface area (Å²) in [6, 6.07) is 8.36. The van der Waals surface area contributed by atoms with Gasteiger partial charge >= 0.3 is 0 Å². The SMILES string of the molecule is CNc1ccncc1C(=O)Nc1ccc(C#N)cc1Cl. The summed E-state index contributed by atoms with van der Waals surface area (Å²) in [6.07, 6.45) is 3.07. The van der Waals surface area contributed by atoms with Gasteiger partial charge in [0.25, 0.3) is 5.91 Å². The Kier molecular flexibility index (Phi) is 4.18. The normalized spacial score (nSPS) is 9.65. The van der Waals surface area contributed by atoms with Crippen LogP contribution in [0.4, 0.5) is 11.4 Å². The third-order valence-electron chi connectivity index (χ3n) is 2.68. The Morgan fingerprint density at radius 3 is 2.80 bits per heavy atom. The Morgan fingerprint density at radius 1 is 1.35 bits per heavy atom. The maximum Gasteiger partial charge on any atom is 0.259 e. The molecule has 0 unspecified atom stereocenters. The minimum atomic E-state index is -0.325. The lowest BCUT2D eigenvalue weighted by atomic mass is 10.2. The molecular formula is C14H11ClN4O. The van der Waals surface area contributed by atoms with E-state index in [1.54, 1.807) is 31.4 Å². The number of aromatic nitrogens is 1. The van der Waals surface area contributed by atoms with Gasteiger partial charge in [-0.2, -0.15) is 5.26 Å². The molecule has 2 rings (SSSR count). The largest absolute Gasteiger partial charge is 0.387 e. The van der Waals surface area contributed by atoms with E-state index in [9.17, 15) is 4.79 Å². The summed E-state index contributed by atoms with van der Waals surface area (Å²) < 4.78 is 0. The highest BCUT2D eigenvalue weighted by Gasteiger charge is 2.12. The average Bonchev–Trinajstić information content (AvgIpc) is 2.49. The third kappa shape index (κ3) is 2.87. The highest BCUT2D eigenvalue weighted by Crippen LogP contribution is 2.24. The number of amides is 1. The fourth-order valence-corrected chi connectivity index (χ4v) is 1.90. The molecule has 0 aliphatic rings. The van der Waals surface area contributed by atoms with Crippen molar-refractivity contribution < 1.29 is 4.79 Å². The lowest BCUT2D eigenvalue weighted by Crippen LogP contribution is -2.14. The molecule has 100 valence electrons. The van der Waals surface area contributed by atoms with Crippen LogP contribution in [0.25, 0.3) is 0 Å². The molecule has 2 N–H and O–H groups in total. The number of nitriles is 1. The summed E-state index contributed by atoms with van der Waals surface area (Å²) in [6.45, 7) is 0. The Hall–Kier alpha value is -2.58. The molecule has 1 heterocycles. The molecule has 0 radical (unpaired) electrons. The van der Waals surface area contributed by atoms with E-state index in [0.29, 0.717) is 27.5 Å². The average molecular weight is 287 g/mol. The molecule has 1 amide bonds. The van der Waals surface area contributed by atoms with Crippen LogP contribution in [0.2, 0.25) is 5.02 Å². The van der Waals surface area contributed by atoms with E-state index >= 15 is 0 Å². The fourth-order valence-electron chi connectivity index (χ4n) is 1.67. The highest BCUT2D eigenvalue weighted by molar-refractivity contribution is 6.34. The van der Waals surface area contributed by atoms with Crippen molar-refractivity contribution >= 4 is 28.9 Å². The molecule has 6 heteroatoms. The van der Waals surface area contributed by atoms with Crippen molar-refractivity contribution in [2.45, 2.75) is 0 Å². The van der Waals surface area contributed by atoms with Gasteiger partial charge in [-0.1, -0.05) is 11.6 Å². The van der Waals surface area contributed by atoms with Gasteiger partial charge in [-0.05, 0) is 24.3 Å². The molecule has 0 aliphatic carbocycles. The lowest BCUT2D eigenvalue weighted by Gasteiger charge is -2.10. The van der Waals surface area contributed by atoms with Crippen LogP contribution < -0.4 is 10.6 Å². The van der Waals surface area contributed by atoms with Gasteiger partial charge in [0.1, 0.15) is 0 Å². The number of pyridine rings is 1. The first-order valence-corrected chi connectivity index (χ1v) is 6.16. The molecule has 0 saturated heterocycles. The maximum atomic E-state index is 12.2. The Labute approximate surface area is 121 Å². The van der Waals surface area contributed by atoms with Crippen molar-refractivity contribution in [2.24, 2.45) is 0 Å². The number of carbonyl (C=O) groups is 1. The summed E-state index contributed by atoms with van der Waals surface area (Å²) in [7, 11) is 1.72. The molecule has 1 aromatic carbocycles. The van der Waals surface area contributed by atoms with E-state index in [1.807, 2.05) is 6.07 Å². The number of carbonyl (C=O) groups excluding carboxylic acids is 1. The van der Waals surface area contributed by atoms with Crippen molar-refractivity contribution in [2.75, 3.05) is 17.7 Å². The molecule has 2 aromatic rings. The summed E-state index contributed by atoms with van der Waals surface area (Å²) in [5.74, 6) is -0.325. The van der Waals surface area contributed by atoms with E-state index in [2.05, 4.69) is 15.6 Å². The Balaban J connectivity index is 2.26. The topological polar surface area (TPSA) is 77.8 Å². The first-order valence-electron chi connectivity index (χ1n) is 5.78. The smallest absolute Gasteiger partial charge is 0.259 e. The van der Waals surface area contributed by atoms with Crippen LogP contribution >= 0.6 is 11.6 Å². The molecule has 0 spiro atoms. The molecule has 0 atom stereocenters. The first kappa shape index (κ1) is 13.8. The van der Waals surface area contributed by atoms with Crippen LogP contribution in [0.5, 0.6) is 0 Å². The van der Waals surface area contributed by atoms with Crippen molar-refractivity contribution in [3.05, 3.63) is 52.8 Å². The van der Waals surface area contributed by atoms with Crippen LogP contribution in [-0.2, 0) is 0 Å². The van der Waals surface area contributed by atoms with Crippen LogP contribution in [-0.4, -0.2) is 17.9 Å². The van der Waals surface area contributed by atoms with E-state index in [4.69, 9.17) is 16.9 Å². The quantitative estimate of drug-likeness (QED) is 0.909. The zero-order valence-corrected chi connectivity index (χ0v) is 11.4. The molecule has 0 fully saturated rings. The molecule has 0 bridgehead atoms. The van der Waals surface area contributed by atoms with Gasteiger partial charge < -0.3 is 10.6 Å². The van der Waals surface area contributed by atoms with Crippen LogP contribution in [0.15, 0.2) is 36.7 Å². The van der Waals surface area contributed by atoms with Gasteiger partial charge in [0.15, 0.2) is 0 Å². The zero-order chi connectivity index (χ0) is 14.5. The molecular weight excluding hydrogens is 276 g/mol. The first-order chi connectivity index (χ1) is 9.65. The van der Waals surface area contributed by atoms with Gasteiger partial charge in [-0.25, -0.2) is 0 Å². The van der Waals surface area contributed by atoms with Gasteiger partial charge in [0.05, 0.1) is 27.9 Å². The Morgan fingerprint density at radius 2 is 2.15 bits per heavy atom. The second-order valence-electron chi connectivity index (χ2n) is 3.93. The molecule has 0 aliphatic heterocycles. The van der Waals surface area contributed by atoms with Crippen LogP contribution in [0, 0.1) is 11.3 Å². The number of rotatable bonds is 3. The number of hydrogen-bond donors (Lipinski definition) is 2. The number of hydrogen-bond acceptors (Lipinski definition) is 4. The second kappa shape index (κ2) is 6.04. The van der Waals surface area contributed by atoms with Crippen molar-refractivity contribution in [1.29, 1.82) is 5.26 Å². The predicted molar refractivity (Wildman–Crippen MR) is 77.9 cm³/mol. The number of nitrogens with zero attached hydrogens (tertiary/aromatic N) is 2. The summed E-state index contributed by atoms with van der Waals surface area (Å²) in [5, 5.41) is 14.7. The number of halogens is 1. The summed E-state index contributed by atoms with van der Waals surface area (Å²) in [4.78, 5) is 16.1. The van der Waals surface area contributed by atoms with Crippen molar-refractivity contribution in [1.82, 2.24) is 4.98 Å². The fraction of sp³-hybridized carbons (Fsp3) is 0.0714. The second-order valence-corrected chi connectivity index (χ2v) is 4.34. The molecule has 1 aromatic heterocycles. The Bertz CT molecular complexity index is 694. The lowest BCUT2D eigenvalue weighted by molar-refractivity contribution is 0.102. The van der Waals surface area contributed by atoms with E-state index in [-0.39, 0.29) is 5.91 Å². The monoisotopic (exact) mass is 286 g/mol. The molecule has 20 heavy (non-hydrogen) atoms. The van der Waals surface area contributed by atoms with Crippen LogP contribution in [0.3, 0.4) is 0 Å². The summed E-state index contributed by atoms with van der Waals surface area (Å²) in [5.41, 5.74) is 1.96. The number of anilines is 2. The standard InChI is InChI=1S/C14H11ClN4O/c1-17-12-4-5-18-8-10(12)14(20)19-13-3-2-9(7-16)6-11(13)15/h2-6,8H,1H3,(H,17,18)(H,19,20). The predicted octanol–water partition coefficient (Wildman–Crippen LogP) is 2.90. The minimum absolute atomic E-state index is 0.312. The van der Waals surface area contributed by atoms with Gasteiger partial charge in [-0.3, -0.25) is 9.78 Å². The maximum absolute atomic E-state index is 12.2. The van der Waals surface area contributed by atoms with Gasteiger partial charge in [-0.15, -0.1) is 0 Å². The van der Waals surface area contributed by atoms with E-state index in [1.165, 1.54) is 12.3 Å². The minimum Gasteiger partial charge on any atom is -0.387 e. The summed E-state index contributed by atoms with van der Waals surface area (Å²) >= 11 is 6.02.